The molecule has 1 aromatic carbocycles. The summed E-state index contributed by atoms with van der Waals surface area (Å²) in [7, 11) is 0. The molecule has 0 aliphatic carbocycles. The molecule has 1 aromatic rings. The predicted octanol–water partition coefficient (Wildman–Crippen LogP) is 3.44. The van der Waals surface area contributed by atoms with Crippen molar-refractivity contribution in [3.05, 3.63) is 34.9 Å². The molecular formula is C8H6Cl2F2. The second kappa shape index (κ2) is 4.06. The molecular weight excluding hydrogens is 205 g/mol. The summed E-state index contributed by atoms with van der Waals surface area (Å²) in [6, 6.07) is 2.14. The maximum absolute atomic E-state index is 12.9. The van der Waals surface area contributed by atoms with Crippen molar-refractivity contribution in [3.63, 3.8) is 0 Å². The third-order valence-electron chi connectivity index (χ3n) is 1.50. The number of hydrogen-bond acceptors (Lipinski definition) is 0. The van der Waals surface area contributed by atoms with Gasteiger partial charge in [0.05, 0.1) is 11.8 Å². The van der Waals surface area contributed by atoms with E-state index in [1.54, 1.807) is 0 Å². The van der Waals surface area contributed by atoms with Crippen LogP contribution in [0.15, 0.2) is 12.1 Å². The average Bonchev–Trinajstić information content (AvgIpc) is 2.08. The van der Waals surface area contributed by atoms with Crippen molar-refractivity contribution in [3.8, 4) is 0 Å². The van der Waals surface area contributed by atoms with Gasteiger partial charge in [-0.25, -0.2) is 8.78 Å². The number of hydrogen-bond donors (Lipinski definition) is 0. The number of rotatable bonds is 2. The topological polar surface area (TPSA) is 0 Å². The van der Waals surface area contributed by atoms with E-state index >= 15 is 0 Å². The lowest BCUT2D eigenvalue weighted by atomic mass is 10.1. The van der Waals surface area contributed by atoms with Crippen LogP contribution in [0.2, 0.25) is 0 Å². The highest BCUT2D eigenvalue weighted by molar-refractivity contribution is 6.17. The standard InChI is InChI=1S/C8H6Cl2F2/c9-3-5-1-7(11)6(4-10)2-8(5)12/h1-2H,3-4H2. The lowest BCUT2D eigenvalue weighted by Crippen LogP contribution is -1.93. The van der Waals surface area contributed by atoms with E-state index in [1.165, 1.54) is 0 Å². The van der Waals surface area contributed by atoms with Crippen LogP contribution in [0.5, 0.6) is 0 Å². The fourth-order valence-electron chi connectivity index (χ4n) is 0.834. The van der Waals surface area contributed by atoms with E-state index in [-0.39, 0.29) is 22.9 Å². The van der Waals surface area contributed by atoms with Crippen molar-refractivity contribution in [2.24, 2.45) is 0 Å². The molecule has 0 aromatic heterocycles. The van der Waals surface area contributed by atoms with Crippen molar-refractivity contribution >= 4 is 23.2 Å². The summed E-state index contributed by atoms with van der Waals surface area (Å²) >= 11 is 10.7. The van der Waals surface area contributed by atoms with Crippen LogP contribution < -0.4 is 0 Å². The van der Waals surface area contributed by atoms with Gasteiger partial charge in [-0.15, -0.1) is 23.2 Å². The van der Waals surface area contributed by atoms with E-state index in [0.717, 1.165) is 12.1 Å². The second-order valence-corrected chi connectivity index (χ2v) is 2.84. The van der Waals surface area contributed by atoms with Crippen molar-refractivity contribution in [1.29, 1.82) is 0 Å². The Morgan fingerprint density at radius 2 is 1.25 bits per heavy atom. The van der Waals surface area contributed by atoms with Crippen molar-refractivity contribution in [2.45, 2.75) is 11.8 Å². The molecule has 0 nitrogen and oxygen atoms in total. The van der Waals surface area contributed by atoms with Crippen LogP contribution in [-0.2, 0) is 11.8 Å². The van der Waals surface area contributed by atoms with Gasteiger partial charge in [-0.3, -0.25) is 0 Å². The second-order valence-electron chi connectivity index (χ2n) is 2.30. The first-order valence-corrected chi connectivity index (χ1v) is 4.34. The number of benzene rings is 1. The van der Waals surface area contributed by atoms with Crippen LogP contribution in [0.1, 0.15) is 11.1 Å². The lowest BCUT2D eigenvalue weighted by Gasteiger charge is -2.02. The first-order chi connectivity index (χ1) is 5.69. The zero-order valence-corrected chi connectivity index (χ0v) is 7.59. The summed E-state index contributed by atoms with van der Waals surface area (Å²) in [5, 5.41) is 0. The molecule has 1 rings (SSSR count). The number of halogens is 4. The van der Waals surface area contributed by atoms with Gasteiger partial charge >= 0.3 is 0 Å². The summed E-state index contributed by atoms with van der Waals surface area (Å²) in [5.41, 5.74) is 0.311. The summed E-state index contributed by atoms with van der Waals surface area (Å²) < 4.78 is 25.8. The van der Waals surface area contributed by atoms with E-state index in [0.29, 0.717) is 0 Å². The molecule has 0 aliphatic heterocycles. The van der Waals surface area contributed by atoms with E-state index in [1.807, 2.05) is 0 Å². The first kappa shape index (κ1) is 9.75. The van der Waals surface area contributed by atoms with Crippen LogP contribution in [0.3, 0.4) is 0 Å². The summed E-state index contributed by atoms with van der Waals surface area (Å²) in [6.07, 6.45) is 0. The van der Waals surface area contributed by atoms with E-state index in [2.05, 4.69) is 0 Å². The molecule has 0 spiro atoms. The third-order valence-corrected chi connectivity index (χ3v) is 2.08. The van der Waals surface area contributed by atoms with Gasteiger partial charge in [-0.2, -0.15) is 0 Å². The molecule has 0 atom stereocenters. The van der Waals surface area contributed by atoms with Gasteiger partial charge in [0, 0.05) is 11.1 Å². The molecule has 12 heavy (non-hydrogen) atoms. The Balaban J connectivity index is 3.16. The fourth-order valence-corrected chi connectivity index (χ4v) is 1.24. The molecule has 0 aliphatic rings. The van der Waals surface area contributed by atoms with E-state index in [9.17, 15) is 8.78 Å². The zero-order valence-electron chi connectivity index (χ0n) is 6.08. The van der Waals surface area contributed by atoms with Gasteiger partial charge in [0.25, 0.3) is 0 Å². The lowest BCUT2D eigenvalue weighted by molar-refractivity contribution is 0.583. The quantitative estimate of drug-likeness (QED) is 0.657. The normalized spacial score (nSPS) is 10.3. The molecule has 0 radical (unpaired) electrons. The Morgan fingerprint density at radius 3 is 1.50 bits per heavy atom. The molecule has 0 saturated heterocycles. The van der Waals surface area contributed by atoms with Gasteiger partial charge in [0.1, 0.15) is 11.6 Å². The minimum Gasteiger partial charge on any atom is -0.207 e. The van der Waals surface area contributed by atoms with Gasteiger partial charge in [-0.05, 0) is 12.1 Å². The average molecular weight is 211 g/mol. The zero-order chi connectivity index (χ0) is 9.14. The predicted molar refractivity (Wildman–Crippen MR) is 45.5 cm³/mol. The fraction of sp³-hybridized carbons (Fsp3) is 0.250. The van der Waals surface area contributed by atoms with Gasteiger partial charge in [0.2, 0.25) is 0 Å². The monoisotopic (exact) mass is 210 g/mol. The third kappa shape index (κ3) is 1.87. The molecule has 0 heterocycles. The Hall–Kier alpha value is -0.340. The van der Waals surface area contributed by atoms with Crippen molar-refractivity contribution in [1.82, 2.24) is 0 Å². The van der Waals surface area contributed by atoms with Crippen LogP contribution >= 0.6 is 23.2 Å². The van der Waals surface area contributed by atoms with Crippen LogP contribution in [0, 0.1) is 11.6 Å². The minimum atomic E-state index is -0.512. The largest absolute Gasteiger partial charge is 0.207 e. The molecule has 4 heteroatoms. The molecule has 0 fully saturated rings. The van der Waals surface area contributed by atoms with E-state index in [4.69, 9.17) is 23.2 Å². The smallest absolute Gasteiger partial charge is 0.128 e. The summed E-state index contributed by atoms with van der Waals surface area (Å²) in [5.74, 6) is -1.10. The van der Waals surface area contributed by atoms with Crippen molar-refractivity contribution in [2.75, 3.05) is 0 Å². The van der Waals surface area contributed by atoms with Gasteiger partial charge in [-0.1, -0.05) is 0 Å². The molecule has 0 unspecified atom stereocenters. The first-order valence-electron chi connectivity index (χ1n) is 3.27. The molecule has 0 amide bonds. The highest BCUT2D eigenvalue weighted by atomic mass is 35.5. The summed E-state index contributed by atoms with van der Waals surface area (Å²) in [6.45, 7) is 0. The van der Waals surface area contributed by atoms with Gasteiger partial charge < -0.3 is 0 Å². The van der Waals surface area contributed by atoms with Gasteiger partial charge in [0.15, 0.2) is 0 Å². The Bertz CT molecular complexity index is 257. The van der Waals surface area contributed by atoms with Crippen LogP contribution in [0.25, 0.3) is 0 Å². The maximum atomic E-state index is 12.9. The van der Waals surface area contributed by atoms with Crippen molar-refractivity contribution < 1.29 is 8.78 Å². The minimum absolute atomic E-state index is 0.0364. The SMILES string of the molecule is Fc1cc(CCl)c(F)cc1CCl. The van der Waals surface area contributed by atoms with Crippen LogP contribution in [-0.4, -0.2) is 0 Å². The van der Waals surface area contributed by atoms with Crippen LogP contribution in [0.4, 0.5) is 8.78 Å². The number of alkyl halides is 2. The molecule has 0 saturated carbocycles. The Labute approximate surface area is 79.1 Å². The van der Waals surface area contributed by atoms with E-state index < -0.39 is 11.6 Å². The molecule has 0 bridgehead atoms. The summed E-state index contributed by atoms with van der Waals surface area (Å²) in [4.78, 5) is 0. The highest BCUT2D eigenvalue weighted by Gasteiger charge is 2.07. The Kier molecular flexibility index (Phi) is 3.29. The highest BCUT2D eigenvalue weighted by Crippen LogP contribution is 2.17. The maximum Gasteiger partial charge on any atom is 0.128 e. The molecule has 66 valence electrons. The molecule has 0 N–H and O–H groups in total. The Morgan fingerprint density at radius 1 is 0.917 bits per heavy atom.